The zero-order valence-corrected chi connectivity index (χ0v) is 12.7. The highest BCUT2D eigenvalue weighted by Gasteiger charge is 2.06. The van der Waals surface area contributed by atoms with Gasteiger partial charge in [0.15, 0.2) is 18.1 Å². The maximum atomic E-state index is 11.7. The second kappa shape index (κ2) is 8.43. The molecule has 0 fully saturated rings. The summed E-state index contributed by atoms with van der Waals surface area (Å²) in [7, 11) is 0. The Morgan fingerprint density at radius 3 is 2.43 bits per heavy atom. The summed E-state index contributed by atoms with van der Waals surface area (Å²) < 4.78 is 10.8. The fourth-order valence-electron chi connectivity index (χ4n) is 1.76. The molecule has 0 aliphatic heterocycles. The van der Waals surface area contributed by atoms with Gasteiger partial charge < -0.3 is 14.6 Å². The SMILES string of the molecule is CCOc1ccccc1OCC(=O)NN=Cc1ccc(O)cc1. The topological polar surface area (TPSA) is 80.2 Å². The average molecular weight is 314 g/mol. The van der Waals surface area contributed by atoms with E-state index in [0.29, 0.717) is 18.1 Å². The summed E-state index contributed by atoms with van der Waals surface area (Å²) in [5, 5.41) is 13.0. The molecule has 1 amide bonds. The lowest BCUT2D eigenvalue weighted by Gasteiger charge is -2.10. The van der Waals surface area contributed by atoms with Crippen LogP contribution in [0.5, 0.6) is 17.2 Å². The van der Waals surface area contributed by atoms with E-state index in [0.717, 1.165) is 5.56 Å². The van der Waals surface area contributed by atoms with Gasteiger partial charge in [-0.05, 0) is 48.9 Å². The highest BCUT2D eigenvalue weighted by atomic mass is 16.5. The largest absolute Gasteiger partial charge is 0.508 e. The van der Waals surface area contributed by atoms with E-state index in [1.807, 2.05) is 13.0 Å². The molecule has 6 heteroatoms. The van der Waals surface area contributed by atoms with Gasteiger partial charge in [-0.2, -0.15) is 5.10 Å². The summed E-state index contributed by atoms with van der Waals surface area (Å²) in [4.78, 5) is 11.7. The Labute approximate surface area is 134 Å². The third-order valence-corrected chi connectivity index (χ3v) is 2.80. The lowest BCUT2D eigenvalue weighted by molar-refractivity contribution is -0.123. The average Bonchev–Trinajstić information content (AvgIpc) is 2.56. The van der Waals surface area contributed by atoms with E-state index in [4.69, 9.17) is 14.6 Å². The van der Waals surface area contributed by atoms with Crippen LogP contribution in [0.3, 0.4) is 0 Å². The fraction of sp³-hybridized carbons (Fsp3) is 0.176. The van der Waals surface area contributed by atoms with Crippen molar-refractivity contribution in [1.29, 1.82) is 0 Å². The Morgan fingerprint density at radius 2 is 1.78 bits per heavy atom. The minimum atomic E-state index is -0.383. The first-order valence-electron chi connectivity index (χ1n) is 7.14. The van der Waals surface area contributed by atoms with E-state index < -0.39 is 0 Å². The number of para-hydroxylation sites is 2. The van der Waals surface area contributed by atoms with Crippen molar-refractivity contribution in [2.45, 2.75) is 6.92 Å². The molecule has 0 bridgehead atoms. The van der Waals surface area contributed by atoms with Crippen molar-refractivity contribution in [1.82, 2.24) is 5.43 Å². The number of ether oxygens (including phenoxy) is 2. The van der Waals surface area contributed by atoms with Gasteiger partial charge in [0.1, 0.15) is 5.75 Å². The highest BCUT2D eigenvalue weighted by molar-refractivity contribution is 5.83. The molecule has 0 atom stereocenters. The van der Waals surface area contributed by atoms with Crippen molar-refractivity contribution in [2.24, 2.45) is 5.10 Å². The normalized spacial score (nSPS) is 10.5. The molecule has 0 aromatic heterocycles. The van der Waals surface area contributed by atoms with Crippen molar-refractivity contribution < 1.29 is 19.4 Å². The van der Waals surface area contributed by atoms with E-state index in [-0.39, 0.29) is 18.3 Å². The predicted molar refractivity (Wildman–Crippen MR) is 86.9 cm³/mol. The van der Waals surface area contributed by atoms with Crippen molar-refractivity contribution >= 4 is 12.1 Å². The van der Waals surface area contributed by atoms with Gasteiger partial charge in [0.05, 0.1) is 12.8 Å². The maximum absolute atomic E-state index is 11.7. The standard InChI is InChI=1S/C17H18N2O4/c1-2-22-15-5-3-4-6-16(15)23-12-17(21)19-18-11-13-7-9-14(20)10-8-13/h3-11,20H,2,12H2,1H3,(H,19,21). The van der Waals surface area contributed by atoms with Crippen LogP contribution in [-0.4, -0.2) is 30.4 Å². The minimum absolute atomic E-state index is 0.170. The molecule has 2 N–H and O–H groups in total. The number of phenols is 1. The van der Waals surface area contributed by atoms with Crippen LogP contribution in [0.1, 0.15) is 12.5 Å². The van der Waals surface area contributed by atoms with Crippen LogP contribution < -0.4 is 14.9 Å². The highest BCUT2D eigenvalue weighted by Crippen LogP contribution is 2.26. The van der Waals surface area contributed by atoms with E-state index >= 15 is 0 Å². The number of nitrogens with zero attached hydrogens (tertiary/aromatic N) is 1. The number of carbonyl (C=O) groups is 1. The quantitative estimate of drug-likeness (QED) is 0.607. The maximum Gasteiger partial charge on any atom is 0.277 e. The van der Waals surface area contributed by atoms with Gasteiger partial charge in [0.2, 0.25) is 0 Å². The third kappa shape index (κ3) is 5.35. The Bertz CT molecular complexity index is 669. The van der Waals surface area contributed by atoms with Crippen LogP contribution >= 0.6 is 0 Å². The fourth-order valence-corrected chi connectivity index (χ4v) is 1.76. The number of nitrogens with one attached hydrogen (secondary N) is 1. The molecule has 0 unspecified atom stereocenters. The first kappa shape index (κ1) is 16.4. The van der Waals surface area contributed by atoms with Gasteiger partial charge in [-0.15, -0.1) is 0 Å². The smallest absolute Gasteiger partial charge is 0.277 e. The van der Waals surface area contributed by atoms with Crippen LogP contribution in [0.2, 0.25) is 0 Å². The Hall–Kier alpha value is -3.02. The summed E-state index contributed by atoms with van der Waals surface area (Å²) in [6.07, 6.45) is 1.48. The predicted octanol–water partition coefficient (Wildman–Crippen LogP) is 2.32. The molecule has 0 saturated carbocycles. The summed E-state index contributed by atoms with van der Waals surface area (Å²) in [6.45, 7) is 2.22. The Kier molecular flexibility index (Phi) is 5.99. The molecule has 2 aromatic rings. The number of hydrogen-bond acceptors (Lipinski definition) is 5. The van der Waals surface area contributed by atoms with E-state index in [1.165, 1.54) is 18.3 Å². The van der Waals surface area contributed by atoms with Gasteiger partial charge >= 0.3 is 0 Å². The van der Waals surface area contributed by atoms with E-state index in [9.17, 15) is 4.79 Å². The van der Waals surface area contributed by atoms with Crippen LogP contribution in [-0.2, 0) is 4.79 Å². The zero-order valence-electron chi connectivity index (χ0n) is 12.7. The summed E-state index contributed by atoms with van der Waals surface area (Å²) in [5.41, 5.74) is 3.12. The van der Waals surface area contributed by atoms with Gasteiger partial charge in [0, 0.05) is 0 Å². The summed E-state index contributed by atoms with van der Waals surface area (Å²) in [5.74, 6) is 0.890. The molecule has 2 rings (SSSR count). The molecule has 6 nitrogen and oxygen atoms in total. The van der Waals surface area contributed by atoms with Crippen LogP contribution in [0.15, 0.2) is 53.6 Å². The van der Waals surface area contributed by atoms with Gasteiger partial charge in [-0.3, -0.25) is 4.79 Å². The van der Waals surface area contributed by atoms with Crippen LogP contribution in [0, 0.1) is 0 Å². The molecule has 0 radical (unpaired) electrons. The van der Waals surface area contributed by atoms with Crippen molar-refractivity contribution in [3.05, 3.63) is 54.1 Å². The number of amides is 1. The number of hydrogen-bond donors (Lipinski definition) is 2. The monoisotopic (exact) mass is 314 g/mol. The third-order valence-electron chi connectivity index (χ3n) is 2.80. The van der Waals surface area contributed by atoms with Gasteiger partial charge in [-0.25, -0.2) is 5.43 Å². The number of hydrazone groups is 1. The molecule has 2 aromatic carbocycles. The number of phenolic OH excluding ortho intramolecular Hbond substituents is 1. The number of benzene rings is 2. The molecule has 0 spiro atoms. The molecule has 23 heavy (non-hydrogen) atoms. The second-order valence-electron chi connectivity index (χ2n) is 4.55. The van der Waals surface area contributed by atoms with Crippen LogP contribution in [0.4, 0.5) is 0 Å². The lowest BCUT2D eigenvalue weighted by Crippen LogP contribution is -2.24. The van der Waals surface area contributed by atoms with Crippen molar-refractivity contribution in [3.8, 4) is 17.2 Å². The lowest BCUT2D eigenvalue weighted by atomic mass is 10.2. The molecular formula is C17H18N2O4. The van der Waals surface area contributed by atoms with Crippen molar-refractivity contribution in [2.75, 3.05) is 13.2 Å². The second-order valence-corrected chi connectivity index (χ2v) is 4.55. The summed E-state index contributed by atoms with van der Waals surface area (Å²) >= 11 is 0. The number of aromatic hydroxyl groups is 1. The molecule has 0 heterocycles. The Balaban J connectivity index is 1.82. The minimum Gasteiger partial charge on any atom is -0.508 e. The molecule has 0 aliphatic rings. The number of carbonyl (C=O) groups excluding carboxylic acids is 1. The van der Waals surface area contributed by atoms with E-state index in [1.54, 1.807) is 30.3 Å². The van der Waals surface area contributed by atoms with Gasteiger partial charge in [0.25, 0.3) is 5.91 Å². The van der Waals surface area contributed by atoms with Crippen molar-refractivity contribution in [3.63, 3.8) is 0 Å². The van der Waals surface area contributed by atoms with Gasteiger partial charge in [-0.1, -0.05) is 12.1 Å². The number of rotatable bonds is 7. The molecule has 120 valence electrons. The summed E-state index contributed by atoms with van der Waals surface area (Å²) in [6, 6.07) is 13.6. The Morgan fingerprint density at radius 1 is 1.13 bits per heavy atom. The molecule has 0 aliphatic carbocycles. The molecular weight excluding hydrogens is 296 g/mol. The first-order chi connectivity index (χ1) is 11.2. The van der Waals surface area contributed by atoms with E-state index in [2.05, 4.69) is 10.5 Å². The zero-order chi connectivity index (χ0) is 16.5. The van der Waals surface area contributed by atoms with Crippen LogP contribution in [0.25, 0.3) is 0 Å². The first-order valence-corrected chi connectivity index (χ1v) is 7.14. The molecule has 0 saturated heterocycles.